The smallest absolute Gasteiger partial charge is 0.434 e. The van der Waals surface area contributed by atoms with E-state index in [2.05, 4.69) is 10.4 Å². The number of aromatic nitrogens is 2. The minimum atomic E-state index is -4.85. The summed E-state index contributed by atoms with van der Waals surface area (Å²) in [6.45, 7) is 2.27. The lowest BCUT2D eigenvalue weighted by molar-refractivity contribution is -0.143. The second-order valence-corrected chi connectivity index (χ2v) is 5.70. The van der Waals surface area contributed by atoms with Crippen LogP contribution < -0.4 is 10.1 Å². The van der Waals surface area contributed by atoms with Gasteiger partial charge in [0.25, 0.3) is 5.91 Å². The molecule has 0 bridgehead atoms. The third-order valence-corrected chi connectivity index (χ3v) is 3.78. The summed E-state index contributed by atoms with van der Waals surface area (Å²) < 4.78 is 59.7. The Morgan fingerprint density at radius 1 is 1.11 bits per heavy atom. The summed E-state index contributed by atoms with van der Waals surface area (Å²) in [6.07, 6.45) is -4.02. The summed E-state index contributed by atoms with van der Waals surface area (Å²) in [5.74, 6) is -0.997. The average Bonchev–Trinajstić information content (AvgIpc) is 3.10. The molecule has 0 unspecified atom stereocenters. The number of amides is 1. The Kier molecular flexibility index (Phi) is 5.34. The van der Waals surface area contributed by atoms with Crippen molar-refractivity contribution in [2.24, 2.45) is 0 Å². The van der Waals surface area contributed by atoms with Crippen LogP contribution in [0, 0.1) is 5.82 Å². The molecule has 0 spiro atoms. The van der Waals surface area contributed by atoms with E-state index < -0.39 is 29.2 Å². The summed E-state index contributed by atoms with van der Waals surface area (Å²) in [5.41, 5.74) is -1.61. The van der Waals surface area contributed by atoms with Crippen LogP contribution in [0.5, 0.6) is 5.75 Å². The molecule has 28 heavy (non-hydrogen) atoms. The van der Waals surface area contributed by atoms with Crippen LogP contribution >= 0.6 is 0 Å². The zero-order valence-electron chi connectivity index (χ0n) is 14.6. The summed E-state index contributed by atoms with van der Waals surface area (Å²) in [7, 11) is 0. The van der Waals surface area contributed by atoms with Crippen molar-refractivity contribution >= 4 is 11.6 Å². The second-order valence-electron chi connectivity index (χ2n) is 5.70. The van der Waals surface area contributed by atoms with E-state index in [9.17, 15) is 22.4 Å². The van der Waals surface area contributed by atoms with Gasteiger partial charge in [-0.1, -0.05) is 0 Å². The van der Waals surface area contributed by atoms with E-state index in [0.717, 1.165) is 30.5 Å². The molecule has 5 nitrogen and oxygen atoms in total. The third kappa shape index (κ3) is 4.13. The number of rotatable bonds is 5. The molecule has 0 saturated heterocycles. The number of carbonyl (C=O) groups is 1. The molecule has 0 aliphatic carbocycles. The number of carbonyl (C=O) groups excluding carboxylic acids is 1. The molecule has 3 rings (SSSR count). The first-order valence-corrected chi connectivity index (χ1v) is 8.25. The number of hydrogen-bond donors (Lipinski definition) is 1. The molecule has 1 heterocycles. The molecule has 1 aromatic heterocycles. The number of nitrogens with zero attached hydrogens (tertiary/aromatic N) is 2. The highest BCUT2D eigenvalue weighted by Crippen LogP contribution is 2.34. The standard InChI is InChI=1S/C19H15F4N3O2/c1-2-28-15-9-5-13(6-10-15)25-18(27)16-11-24-26(17(16)19(21,22)23)14-7-3-12(20)4-8-14/h3-11H,2H2,1H3,(H,25,27). The predicted octanol–water partition coefficient (Wildman–Crippen LogP) is 4.68. The molecule has 2 aromatic carbocycles. The van der Waals surface area contributed by atoms with Gasteiger partial charge < -0.3 is 10.1 Å². The molecule has 9 heteroatoms. The van der Waals surface area contributed by atoms with Crippen LogP contribution in [0.4, 0.5) is 23.2 Å². The lowest BCUT2D eigenvalue weighted by Crippen LogP contribution is -2.20. The summed E-state index contributed by atoms with van der Waals surface area (Å²) in [6, 6.07) is 10.5. The number of hydrogen-bond acceptors (Lipinski definition) is 3. The van der Waals surface area contributed by atoms with Gasteiger partial charge in [-0.3, -0.25) is 4.79 Å². The Bertz CT molecular complexity index is 964. The minimum Gasteiger partial charge on any atom is -0.494 e. The topological polar surface area (TPSA) is 56.1 Å². The van der Waals surface area contributed by atoms with Crippen molar-refractivity contribution in [3.63, 3.8) is 0 Å². The van der Waals surface area contributed by atoms with Crippen molar-refractivity contribution in [1.29, 1.82) is 0 Å². The van der Waals surface area contributed by atoms with Crippen LogP contribution in [0.15, 0.2) is 54.7 Å². The maximum Gasteiger partial charge on any atom is 0.434 e. The monoisotopic (exact) mass is 393 g/mol. The summed E-state index contributed by atoms with van der Waals surface area (Å²) in [5, 5.41) is 6.08. The molecule has 0 atom stereocenters. The molecule has 0 saturated carbocycles. The Labute approximate surface area is 157 Å². The number of nitrogens with one attached hydrogen (secondary N) is 1. The van der Waals surface area contributed by atoms with Crippen LogP contribution in [0.25, 0.3) is 5.69 Å². The SMILES string of the molecule is CCOc1ccc(NC(=O)c2cnn(-c3ccc(F)cc3)c2C(F)(F)F)cc1. The molecule has 146 valence electrons. The highest BCUT2D eigenvalue weighted by Gasteiger charge is 2.40. The molecule has 0 fully saturated rings. The van der Waals surface area contributed by atoms with E-state index in [-0.39, 0.29) is 5.69 Å². The quantitative estimate of drug-likeness (QED) is 0.641. The van der Waals surface area contributed by atoms with Gasteiger partial charge in [0.05, 0.1) is 24.1 Å². The first kappa shape index (κ1) is 19.4. The largest absolute Gasteiger partial charge is 0.494 e. The van der Waals surface area contributed by atoms with Gasteiger partial charge in [0.2, 0.25) is 0 Å². The average molecular weight is 393 g/mol. The number of ether oxygens (including phenoxy) is 1. The van der Waals surface area contributed by atoms with Crippen molar-refractivity contribution < 1.29 is 27.1 Å². The van der Waals surface area contributed by atoms with Crippen LogP contribution in [0.3, 0.4) is 0 Å². The molecule has 0 aliphatic heterocycles. The number of alkyl halides is 3. The molecular formula is C19H15F4N3O2. The van der Waals surface area contributed by atoms with Gasteiger partial charge in [0.1, 0.15) is 11.6 Å². The van der Waals surface area contributed by atoms with Crippen LogP contribution in [-0.2, 0) is 6.18 Å². The highest BCUT2D eigenvalue weighted by molar-refractivity contribution is 6.05. The van der Waals surface area contributed by atoms with E-state index in [4.69, 9.17) is 4.74 Å². The van der Waals surface area contributed by atoms with Gasteiger partial charge in [-0.15, -0.1) is 0 Å². The van der Waals surface area contributed by atoms with Gasteiger partial charge in [-0.05, 0) is 55.5 Å². The van der Waals surface area contributed by atoms with Crippen molar-refractivity contribution in [2.75, 3.05) is 11.9 Å². The molecule has 3 aromatic rings. The first-order chi connectivity index (χ1) is 13.3. The maximum absolute atomic E-state index is 13.6. The van der Waals surface area contributed by atoms with Crippen LogP contribution in [0.1, 0.15) is 23.0 Å². The van der Waals surface area contributed by atoms with E-state index in [1.165, 1.54) is 12.1 Å². The lowest BCUT2D eigenvalue weighted by Gasteiger charge is -2.13. The molecule has 0 radical (unpaired) electrons. The second kappa shape index (κ2) is 7.71. The van der Waals surface area contributed by atoms with E-state index in [1.807, 2.05) is 6.92 Å². The molecular weight excluding hydrogens is 378 g/mol. The summed E-state index contributed by atoms with van der Waals surface area (Å²) >= 11 is 0. The van der Waals surface area contributed by atoms with Gasteiger partial charge >= 0.3 is 6.18 Å². The Balaban J connectivity index is 1.92. The predicted molar refractivity (Wildman–Crippen MR) is 94.1 cm³/mol. The fourth-order valence-electron chi connectivity index (χ4n) is 2.57. The van der Waals surface area contributed by atoms with Gasteiger partial charge in [0, 0.05) is 5.69 Å². The molecule has 1 N–H and O–H groups in total. The zero-order chi connectivity index (χ0) is 20.3. The third-order valence-electron chi connectivity index (χ3n) is 3.78. The van der Waals surface area contributed by atoms with Crippen LogP contribution in [0.2, 0.25) is 0 Å². The number of anilines is 1. The van der Waals surface area contributed by atoms with E-state index >= 15 is 0 Å². The molecule has 0 aliphatic rings. The van der Waals surface area contributed by atoms with E-state index in [0.29, 0.717) is 22.7 Å². The minimum absolute atomic E-state index is 0.0196. The van der Waals surface area contributed by atoms with Gasteiger partial charge in [-0.2, -0.15) is 18.3 Å². The maximum atomic E-state index is 13.6. The van der Waals surface area contributed by atoms with Crippen molar-refractivity contribution in [3.05, 3.63) is 71.8 Å². The number of benzene rings is 2. The highest BCUT2D eigenvalue weighted by atomic mass is 19.4. The lowest BCUT2D eigenvalue weighted by atomic mass is 10.2. The normalized spacial score (nSPS) is 11.3. The van der Waals surface area contributed by atoms with E-state index in [1.54, 1.807) is 12.1 Å². The first-order valence-electron chi connectivity index (χ1n) is 8.25. The molecule has 1 amide bonds. The Morgan fingerprint density at radius 3 is 2.32 bits per heavy atom. The van der Waals surface area contributed by atoms with Crippen molar-refractivity contribution in [3.8, 4) is 11.4 Å². The van der Waals surface area contributed by atoms with Crippen molar-refractivity contribution in [1.82, 2.24) is 9.78 Å². The fraction of sp³-hybridized carbons (Fsp3) is 0.158. The number of halogens is 4. The van der Waals surface area contributed by atoms with Crippen molar-refractivity contribution in [2.45, 2.75) is 13.1 Å². The van der Waals surface area contributed by atoms with Crippen LogP contribution in [-0.4, -0.2) is 22.3 Å². The fourth-order valence-corrected chi connectivity index (χ4v) is 2.57. The van der Waals surface area contributed by atoms with Gasteiger partial charge in [-0.25, -0.2) is 9.07 Å². The Morgan fingerprint density at radius 2 is 1.75 bits per heavy atom. The zero-order valence-corrected chi connectivity index (χ0v) is 14.6. The summed E-state index contributed by atoms with van der Waals surface area (Å²) in [4.78, 5) is 12.4. The Hall–Kier alpha value is -3.36. The van der Waals surface area contributed by atoms with Gasteiger partial charge in [0.15, 0.2) is 5.69 Å².